The first kappa shape index (κ1) is 14.4. The third-order valence-corrected chi connectivity index (χ3v) is 3.53. The fourth-order valence-electron chi connectivity index (χ4n) is 2.40. The molecule has 3 rings (SSSR count). The third kappa shape index (κ3) is 3.05. The summed E-state index contributed by atoms with van der Waals surface area (Å²) in [5.74, 6) is -1.67. The number of hydrogen-bond acceptors (Lipinski definition) is 3. The largest absolute Gasteiger partial charge is 0.491 e. The summed E-state index contributed by atoms with van der Waals surface area (Å²) in [6.07, 6.45) is 2.24. The first-order chi connectivity index (χ1) is 10.6. The molecule has 22 heavy (non-hydrogen) atoms. The summed E-state index contributed by atoms with van der Waals surface area (Å²) in [4.78, 5) is 15.5. The summed E-state index contributed by atoms with van der Waals surface area (Å²) in [5, 5.41) is 2.68. The Bertz CT molecular complexity index is 679. The average molecular weight is 304 g/mol. The van der Waals surface area contributed by atoms with Gasteiger partial charge < -0.3 is 10.1 Å². The van der Waals surface area contributed by atoms with Crippen molar-refractivity contribution in [3.05, 3.63) is 59.4 Å². The molecule has 0 fully saturated rings. The van der Waals surface area contributed by atoms with E-state index >= 15 is 0 Å². The van der Waals surface area contributed by atoms with Crippen LogP contribution in [0.1, 0.15) is 22.5 Å². The van der Waals surface area contributed by atoms with Crippen molar-refractivity contribution in [1.82, 2.24) is 10.3 Å². The Morgan fingerprint density at radius 1 is 1.32 bits per heavy atom. The lowest BCUT2D eigenvalue weighted by Crippen LogP contribution is -2.39. The van der Waals surface area contributed by atoms with Crippen LogP contribution in [0.4, 0.5) is 8.78 Å². The Kier molecular flexibility index (Phi) is 4.00. The van der Waals surface area contributed by atoms with E-state index in [1.165, 1.54) is 0 Å². The Morgan fingerprint density at radius 2 is 2.14 bits per heavy atom. The number of carbonyl (C=O) groups is 1. The summed E-state index contributed by atoms with van der Waals surface area (Å²) in [5.41, 5.74) is 0.661. The molecular weight excluding hydrogens is 290 g/mol. The van der Waals surface area contributed by atoms with Crippen molar-refractivity contribution in [2.45, 2.75) is 18.9 Å². The number of ether oxygens (including phenoxy) is 1. The molecule has 0 aliphatic carbocycles. The maximum absolute atomic E-state index is 13.6. The first-order valence-electron chi connectivity index (χ1n) is 6.96. The van der Waals surface area contributed by atoms with Gasteiger partial charge in [-0.05, 0) is 24.5 Å². The molecule has 0 saturated carbocycles. The van der Waals surface area contributed by atoms with E-state index in [1.807, 2.05) is 24.3 Å². The Labute approximate surface area is 126 Å². The SMILES string of the molecule is O=C(NC1CCc2ccccc2OC1)c1ncc(F)cc1F. The molecule has 0 radical (unpaired) electrons. The van der Waals surface area contributed by atoms with E-state index in [4.69, 9.17) is 4.74 Å². The third-order valence-electron chi connectivity index (χ3n) is 3.53. The van der Waals surface area contributed by atoms with Gasteiger partial charge in [-0.25, -0.2) is 13.8 Å². The summed E-state index contributed by atoms with van der Waals surface area (Å²) in [6.45, 7) is 0.297. The molecule has 0 spiro atoms. The highest BCUT2D eigenvalue weighted by atomic mass is 19.1. The number of halogens is 2. The number of para-hydroxylation sites is 1. The molecule has 2 aromatic rings. The molecule has 1 N–H and O–H groups in total. The van der Waals surface area contributed by atoms with Gasteiger partial charge in [0, 0.05) is 6.07 Å². The Hall–Kier alpha value is -2.50. The number of nitrogens with one attached hydrogen (secondary N) is 1. The van der Waals surface area contributed by atoms with Crippen molar-refractivity contribution in [1.29, 1.82) is 0 Å². The minimum atomic E-state index is -0.977. The second-order valence-corrected chi connectivity index (χ2v) is 5.11. The van der Waals surface area contributed by atoms with E-state index in [0.717, 1.165) is 23.9 Å². The van der Waals surface area contributed by atoms with E-state index in [-0.39, 0.29) is 6.04 Å². The first-order valence-corrected chi connectivity index (χ1v) is 6.96. The van der Waals surface area contributed by atoms with Crippen LogP contribution in [0.5, 0.6) is 5.75 Å². The normalized spacial score (nSPS) is 17.1. The number of rotatable bonds is 2. The van der Waals surface area contributed by atoms with Crippen LogP contribution in [0.2, 0.25) is 0 Å². The van der Waals surface area contributed by atoms with Gasteiger partial charge >= 0.3 is 0 Å². The number of amides is 1. The zero-order valence-corrected chi connectivity index (χ0v) is 11.7. The molecule has 114 valence electrons. The fourth-order valence-corrected chi connectivity index (χ4v) is 2.40. The molecule has 2 heterocycles. The van der Waals surface area contributed by atoms with Crippen LogP contribution >= 0.6 is 0 Å². The van der Waals surface area contributed by atoms with E-state index in [9.17, 15) is 13.6 Å². The van der Waals surface area contributed by atoms with E-state index in [2.05, 4.69) is 10.3 Å². The smallest absolute Gasteiger partial charge is 0.273 e. The van der Waals surface area contributed by atoms with Gasteiger partial charge in [0.25, 0.3) is 5.91 Å². The minimum Gasteiger partial charge on any atom is -0.491 e. The molecule has 4 nitrogen and oxygen atoms in total. The van der Waals surface area contributed by atoms with Crippen LogP contribution in [0.25, 0.3) is 0 Å². The quantitative estimate of drug-likeness (QED) is 0.927. The number of pyridine rings is 1. The second-order valence-electron chi connectivity index (χ2n) is 5.11. The van der Waals surface area contributed by atoms with Crippen molar-refractivity contribution in [2.24, 2.45) is 0 Å². The fraction of sp³-hybridized carbons (Fsp3) is 0.250. The van der Waals surface area contributed by atoms with Crippen LogP contribution in [0.3, 0.4) is 0 Å². The molecule has 1 unspecified atom stereocenters. The molecule has 1 amide bonds. The summed E-state index contributed by atoms with van der Waals surface area (Å²) >= 11 is 0. The topological polar surface area (TPSA) is 51.2 Å². The monoisotopic (exact) mass is 304 g/mol. The van der Waals surface area contributed by atoms with Gasteiger partial charge in [0.2, 0.25) is 0 Å². The van der Waals surface area contributed by atoms with Crippen molar-refractivity contribution < 1.29 is 18.3 Å². The number of carbonyl (C=O) groups excluding carboxylic acids is 1. The molecule has 1 aliphatic rings. The van der Waals surface area contributed by atoms with Crippen LogP contribution < -0.4 is 10.1 Å². The summed E-state index contributed by atoms with van der Waals surface area (Å²) in [7, 11) is 0. The number of aryl methyl sites for hydroxylation is 1. The predicted molar refractivity (Wildman–Crippen MR) is 75.7 cm³/mol. The summed E-state index contributed by atoms with van der Waals surface area (Å²) in [6, 6.07) is 8.04. The highest BCUT2D eigenvalue weighted by Gasteiger charge is 2.21. The van der Waals surface area contributed by atoms with E-state index < -0.39 is 23.2 Å². The van der Waals surface area contributed by atoms with Crippen LogP contribution in [-0.4, -0.2) is 23.5 Å². The molecule has 1 aromatic heterocycles. The Morgan fingerprint density at radius 3 is 2.95 bits per heavy atom. The maximum atomic E-state index is 13.6. The number of fused-ring (bicyclic) bond motifs is 1. The second kappa shape index (κ2) is 6.09. The van der Waals surface area contributed by atoms with Gasteiger partial charge in [-0.15, -0.1) is 0 Å². The molecule has 1 aromatic carbocycles. The number of aromatic nitrogens is 1. The van der Waals surface area contributed by atoms with Crippen molar-refractivity contribution in [3.63, 3.8) is 0 Å². The van der Waals surface area contributed by atoms with Crippen LogP contribution in [0, 0.1) is 11.6 Å². The number of benzene rings is 1. The summed E-state index contributed by atoms with van der Waals surface area (Å²) < 4.78 is 32.0. The standard InChI is InChI=1S/C16H14F2N2O2/c17-11-7-13(18)15(19-8-11)16(21)20-12-6-5-10-3-1-2-4-14(10)22-9-12/h1-4,7-8,12H,5-6,9H2,(H,20,21). The lowest BCUT2D eigenvalue weighted by atomic mass is 10.1. The highest BCUT2D eigenvalue weighted by molar-refractivity contribution is 5.92. The molecule has 6 heteroatoms. The van der Waals surface area contributed by atoms with E-state index in [1.54, 1.807) is 0 Å². The van der Waals surface area contributed by atoms with Gasteiger partial charge in [-0.2, -0.15) is 0 Å². The van der Waals surface area contributed by atoms with Crippen molar-refractivity contribution in [3.8, 4) is 5.75 Å². The van der Waals surface area contributed by atoms with E-state index in [0.29, 0.717) is 19.1 Å². The van der Waals surface area contributed by atoms with Gasteiger partial charge in [-0.1, -0.05) is 18.2 Å². The molecule has 0 saturated heterocycles. The predicted octanol–water partition coefficient (Wildman–Crippen LogP) is 2.48. The molecular formula is C16H14F2N2O2. The maximum Gasteiger partial charge on any atom is 0.273 e. The van der Waals surface area contributed by atoms with Gasteiger partial charge in [0.1, 0.15) is 18.2 Å². The minimum absolute atomic E-state index is 0.258. The zero-order valence-electron chi connectivity index (χ0n) is 11.7. The molecule has 1 aliphatic heterocycles. The molecule has 0 bridgehead atoms. The average Bonchev–Trinajstić information content (AvgIpc) is 2.70. The van der Waals surface area contributed by atoms with Crippen molar-refractivity contribution >= 4 is 5.91 Å². The van der Waals surface area contributed by atoms with Crippen LogP contribution in [-0.2, 0) is 6.42 Å². The number of hydrogen-bond donors (Lipinski definition) is 1. The Balaban J connectivity index is 1.68. The van der Waals surface area contributed by atoms with Crippen molar-refractivity contribution in [2.75, 3.05) is 6.61 Å². The lowest BCUT2D eigenvalue weighted by molar-refractivity contribution is 0.0911. The number of nitrogens with zero attached hydrogens (tertiary/aromatic N) is 1. The lowest BCUT2D eigenvalue weighted by Gasteiger charge is -2.16. The van der Waals surface area contributed by atoms with Gasteiger partial charge in [-0.3, -0.25) is 4.79 Å². The molecule has 1 atom stereocenters. The van der Waals surface area contributed by atoms with Gasteiger partial charge in [0.15, 0.2) is 11.5 Å². The highest BCUT2D eigenvalue weighted by Crippen LogP contribution is 2.23. The van der Waals surface area contributed by atoms with Gasteiger partial charge in [0.05, 0.1) is 12.2 Å². The zero-order chi connectivity index (χ0) is 15.5. The van der Waals surface area contributed by atoms with Crippen LogP contribution in [0.15, 0.2) is 36.5 Å².